The smallest absolute Gasteiger partial charge is 0.258 e. The summed E-state index contributed by atoms with van der Waals surface area (Å²) in [6, 6.07) is 5.71. The lowest BCUT2D eigenvalue weighted by Gasteiger charge is -2.35. The average Bonchev–Trinajstić information content (AvgIpc) is 2.68. The summed E-state index contributed by atoms with van der Waals surface area (Å²) in [4.78, 5) is 47.9. The van der Waals surface area contributed by atoms with Crippen LogP contribution < -0.4 is 21.1 Å². The first-order chi connectivity index (χ1) is 14.7. The van der Waals surface area contributed by atoms with Gasteiger partial charge in [-0.05, 0) is 43.7 Å². The molecule has 2 aliphatic rings. The van der Waals surface area contributed by atoms with Crippen molar-refractivity contribution in [2.24, 2.45) is 11.8 Å². The number of carbonyl (C=O) groups excluding carboxylic acids is 2. The molecular formula is C23H29N5O3. The number of rotatable bonds is 3. The maximum atomic E-state index is 13.1. The second kappa shape index (κ2) is 8.17. The number of carbonyl (C=O) groups is 2. The molecule has 3 atom stereocenters. The third-order valence-corrected chi connectivity index (χ3v) is 6.06. The molecule has 31 heavy (non-hydrogen) atoms. The fraction of sp³-hybridized carbons (Fsp3) is 0.478. The summed E-state index contributed by atoms with van der Waals surface area (Å²) in [5, 5.41) is 5.57. The Hall–Kier alpha value is -3.16. The third kappa shape index (κ3) is 4.33. The number of aryl methyl sites for hydroxylation is 2. The number of nitrogens with zero attached hydrogens (tertiary/aromatic N) is 2. The highest BCUT2D eigenvalue weighted by atomic mass is 16.2. The molecule has 4 rings (SSSR count). The molecule has 3 heterocycles. The lowest BCUT2D eigenvalue weighted by Crippen LogP contribution is -2.42. The van der Waals surface area contributed by atoms with Crippen LogP contribution in [0.5, 0.6) is 0 Å². The van der Waals surface area contributed by atoms with E-state index >= 15 is 0 Å². The van der Waals surface area contributed by atoms with Crippen LogP contribution >= 0.6 is 0 Å². The van der Waals surface area contributed by atoms with E-state index in [0.717, 1.165) is 30.6 Å². The Kier molecular flexibility index (Phi) is 5.56. The number of H-pyrrole nitrogens is 1. The van der Waals surface area contributed by atoms with Gasteiger partial charge in [0.1, 0.15) is 5.82 Å². The summed E-state index contributed by atoms with van der Waals surface area (Å²) in [6.07, 6.45) is 1.04. The van der Waals surface area contributed by atoms with Crippen LogP contribution in [0.1, 0.15) is 49.3 Å². The van der Waals surface area contributed by atoms with Crippen LogP contribution in [0.25, 0.3) is 0 Å². The molecule has 0 saturated carbocycles. The average molecular weight is 424 g/mol. The second-order valence-corrected chi connectivity index (χ2v) is 9.12. The van der Waals surface area contributed by atoms with Crippen LogP contribution in [0.15, 0.2) is 23.0 Å². The van der Waals surface area contributed by atoms with Gasteiger partial charge in [0.25, 0.3) is 5.56 Å². The van der Waals surface area contributed by atoms with Gasteiger partial charge in [0.2, 0.25) is 17.8 Å². The summed E-state index contributed by atoms with van der Waals surface area (Å²) in [7, 11) is 0. The molecule has 2 amide bonds. The Balaban J connectivity index is 1.65. The molecule has 3 N–H and O–H groups in total. The van der Waals surface area contributed by atoms with E-state index in [9.17, 15) is 14.4 Å². The molecule has 8 heteroatoms. The standard InChI is InChI=1S/C23H29N5O3/c1-12-5-6-17(15(4)8-12)24-21(30)16-9-18(29)25-20-19(16)22(31)27-23(26-20)28-10-13(2)7-14(3)11-28/h5-6,8,13-14,16H,7,9-11H2,1-4H3,(H,24,30)(H2,25,26,27,29,31)/t13-,14-,16+/m1/s1. The van der Waals surface area contributed by atoms with Crippen molar-refractivity contribution in [3.8, 4) is 0 Å². The summed E-state index contributed by atoms with van der Waals surface area (Å²) in [5.41, 5.74) is 2.51. The summed E-state index contributed by atoms with van der Waals surface area (Å²) in [5.74, 6) is -0.0126. The zero-order chi connectivity index (χ0) is 22.3. The van der Waals surface area contributed by atoms with Gasteiger partial charge < -0.3 is 15.5 Å². The zero-order valence-corrected chi connectivity index (χ0v) is 18.4. The molecule has 0 bridgehead atoms. The molecule has 8 nitrogen and oxygen atoms in total. The number of amides is 2. The molecule has 0 unspecified atom stereocenters. The van der Waals surface area contributed by atoms with Crippen LogP contribution in [0.4, 0.5) is 17.5 Å². The third-order valence-electron chi connectivity index (χ3n) is 6.06. The Labute approximate surface area is 181 Å². The number of aromatic nitrogens is 2. The van der Waals surface area contributed by atoms with Gasteiger partial charge >= 0.3 is 0 Å². The van der Waals surface area contributed by atoms with Gasteiger partial charge in [0.05, 0.1) is 11.5 Å². The van der Waals surface area contributed by atoms with E-state index in [0.29, 0.717) is 23.5 Å². The molecule has 1 fully saturated rings. The number of hydrogen-bond donors (Lipinski definition) is 3. The fourth-order valence-electron chi connectivity index (χ4n) is 4.74. The topological polar surface area (TPSA) is 107 Å². The lowest BCUT2D eigenvalue weighted by molar-refractivity contribution is -0.123. The molecule has 2 aromatic rings. The van der Waals surface area contributed by atoms with Crippen LogP contribution in [0, 0.1) is 25.7 Å². The number of anilines is 3. The number of nitrogens with one attached hydrogen (secondary N) is 3. The molecule has 164 valence electrons. The van der Waals surface area contributed by atoms with Gasteiger partial charge in [-0.1, -0.05) is 31.5 Å². The van der Waals surface area contributed by atoms with Gasteiger partial charge in [-0.3, -0.25) is 19.4 Å². The SMILES string of the molecule is Cc1ccc(NC(=O)[C@H]2CC(=O)Nc3nc(N4C[C@H](C)C[C@@H](C)C4)[nH]c(=O)c32)c(C)c1. The van der Waals surface area contributed by atoms with E-state index in [1.54, 1.807) is 0 Å². The Morgan fingerprint density at radius 3 is 2.55 bits per heavy atom. The molecule has 1 aromatic carbocycles. The molecule has 2 aliphatic heterocycles. The van der Waals surface area contributed by atoms with Crippen LogP contribution in [0.2, 0.25) is 0 Å². The lowest BCUT2D eigenvalue weighted by atomic mass is 9.91. The highest BCUT2D eigenvalue weighted by Crippen LogP contribution is 2.32. The minimum Gasteiger partial charge on any atom is -0.342 e. The number of aromatic amines is 1. The van der Waals surface area contributed by atoms with Crippen molar-refractivity contribution >= 4 is 29.3 Å². The van der Waals surface area contributed by atoms with Crippen molar-refractivity contribution in [2.45, 2.75) is 46.5 Å². The van der Waals surface area contributed by atoms with Gasteiger partial charge in [-0.15, -0.1) is 0 Å². The first-order valence-electron chi connectivity index (χ1n) is 10.8. The second-order valence-electron chi connectivity index (χ2n) is 9.12. The van der Waals surface area contributed by atoms with Crippen LogP contribution in [-0.4, -0.2) is 34.9 Å². The molecule has 0 aliphatic carbocycles. The Morgan fingerprint density at radius 1 is 1.16 bits per heavy atom. The maximum absolute atomic E-state index is 13.1. The van der Waals surface area contributed by atoms with Gasteiger partial charge in [-0.2, -0.15) is 4.98 Å². The van der Waals surface area contributed by atoms with Crippen molar-refractivity contribution in [3.05, 3.63) is 45.2 Å². The molecule has 1 aromatic heterocycles. The van der Waals surface area contributed by atoms with Crippen LogP contribution in [0.3, 0.4) is 0 Å². The van der Waals surface area contributed by atoms with Gasteiger partial charge in [-0.25, -0.2) is 0 Å². The minimum absolute atomic E-state index is 0.0916. The fourth-order valence-corrected chi connectivity index (χ4v) is 4.74. The zero-order valence-electron chi connectivity index (χ0n) is 18.4. The summed E-state index contributed by atoms with van der Waals surface area (Å²) in [6.45, 7) is 9.81. The number of benzene rings is 1. The minimum atomic E-state index is -0.894. The van der Waals surface area contributed by atoms with E-state index in [1.165, 1.54) is 0 Å². The molecular weight excluding hydrogens is 394 g/mol. The Bertz CT molecular complexity index is 1080. The molecule has 0 spiro atoms. The molecule has 1 saturated heterocycles. The highest BCUT2D eigenvalue weighted by molar-refractivity contribution is 6.04. The van der Waals surface area contributed by atoms with Crippen molar-refractivity contribution in [2.75, 3.05) is 28.6 Å². The summed E-state index contributed by atoms with van der Waals surface area (Å²) < 4.78 is 0. The maximum Gasteiger partial charge on any atom is 0.258 e. The normalized spacial score (nSPS) is 23.2. The predicted octanol–water partition coefficient (Wildman–Crippen LogP) is 2.93. The number of hydrogen-bond acceptors (Lipinski definition) is 5. The van der Waals surface area contributed by atoms with Gasteiger partial charge in [0, 0.05) is 25.2 Å². The van der Waals surface area contributed by atoms with Gasteiger partial charge in [0.15, 0.2) is 0 Å². The number of piperidine rings is 1. The van der Waals surface area contributed by atoms with Crippen LogP contribution in [-0.2, 0) is 9.59 Å². The highest BCUT2D eigenvalue weighted by Gasteiger charge is 2.35. The van der Waals surface area contributed by atoms with E-state index in [1.807, 2.05) is 36.9 Å². The van der Waals surface area contributed by atoms with E-state index in [2.05, 4.69) is 34.4 Å². The Morgan fingerprint density at radius 2 is 1.87 bits per heavy atom. The van der Waals surface area contributed by atoms with Crippen molar-refractivity contribution < 1.29 is 9.59 Å². The van der Waals surface area contributed by atoms with E-state index < -0.39 is 5.92 Å². The quantitative estimate of drug-likeness (QED) is 0.704. The monoisotopic (exact) mass is 423 g/mol. The van der Waals surface area contributed by atoms with E-state index in [-0.39, 0.29) is 35.2 Å². The largest absolute Gasteiger partial charge is 0.342 e. The van der Waals surface area contributed by atoms with Crippen molar-refractivity contribution in [3.63, 3.8) is 0 Å². The number of fused-ring (bicyclic) bond motifs is 1. The van der Waals surface area contributed by atoms with Crippen molar-refractivity contribution in [1.29, 1.82) is 0 Å². The summed E-state index contributed by atoms with van der Waals surface area (Å²) >= 11 is 0. The predicted molar refractivity (Wildman–Crippen MR) is 121 cm³/mol. The van der Waals surface area contributed by atoms with Crippen molar-refractivity contribution in [1.82, 2.24) is 9.97 Å². The first kappa shape index (κ1) is 21.1. The first-order valence-corrected chi connectivity index (χ1v) is 10.8. The molecule has 0 radical (unpaired) electrons. The van der Waals surface area contributed by atoms with E-state index in [4.69, 9.17) is 0 Å².